The van der Waals surface area contributed by atoms with Crippen LogP contribution >= 0.6 is 0 Å². The second kappa shape index (κ2) is 10.7. The van der Waals surface area contributed by atoms with E-state index < -0.39 is 0 Å². The van der Waals surface area contributed by atoms with E-state index in [1.807, 2.05) is 0 Å². The number of hydrogen-bond acceptors (Lipinski definition) is 1. The molecule has 1 nitrogen and oxygen atoms in total. The molecule has 1 N–H and O–H groups in total. The normalized spacial score (nSPS) is 12.9. The van der Waals surface area contributed by atoms with E-state index in [0.29, 0.717) is 5.41 Å². The zero-order valence-corrected chi connectivity index (χ0v) is 15.3. The molecule has 0 aliphatic carbocycles. The highest BCUT2D eigenvalue weighted by Gasteiger charge is 2.08. The molecule has 0 aromatic rings. The lowest BCUT2D eigenvalue weighted by molar-refractivity contribution is 0.356. The van der Waals surface area contributed by atoms with E-state index in [9.17, 15) is 0 Å². The summed E-state index contributed by atoms with van der Waals surface area (Å²) in [5, 5.41) is 3.56. The Morgan fingerprint density at radius 3 is 1.35 bits per heavy atom. The highest BCUT2D eigenvalue weighted by Crippen LogP contribution is 2.22. The predicted molar refractivity (Wildman–Crippen MR) is 93.4 cm³/mol. The molecule has 0 rings (SSSR count). The first-order valence-electron chi connectivity index (χ1n) is 8.96. The van der Waals surface area contributed by atoms with Crippen molar-refractivity contribution in [2.45, 2.75) is 111 Å². The molecule has 0 aliphatic rings. The molecule has 0 aliphatic heterocycles. The van der Waals surface area contributed by atoms with Gasteiger partial charge in [-0.3, -0.25) is 0 Å². The summed E-state index contributed by atoms with van der Waals surface area (Å²) in [6.07, 6.45) is 14.2. The van der Waals surface area contributed by atoms with Gasteiger partial charge in [0.15, 0.2) is 0 Å². The molecule has 0 aromatic carbocycles. The van der Waals surface area contributed by atoms with E-state index >= 15 is 0 Å². The number of rotatable bonds is 11. The maximum atomic E-state index is 3.56. The fourth-order valence-electron chi connectivity index (χ4n) is 2.48. The lowest BCUT2D eigenvalue weighted by atomic mass is 9.89. The minimum atomic E-state index is 0.285. The van der Waals surface area contributed by atoms with E-state index in [4.69, 9.17) is 0 Å². The second-order valence-corrected chi connectivity index (χ2v) is 8.67. The van der Waals surface area contributed by atoms with Gasteiger partial charge in [0.2, 0.25) is 0 Å². The van der Waals surface area contributed by atoms with E-state index in [1.54, 1.807) is 0 Å². The highest BCUT2D eigenvalue weighted by atomic mass is 14.9. The van der Waals surface area contributed by atoms with Gasteiger partial charge >= 0.3 is 0 Å². The van der Waals surface area contributed by atoms with Crippen molar-refractivity contribution in [3.8, 4) is 0 Å². The molecule has 20 heavy (non-hydrogen) atoms. The van der Waals surface area contributed by atoms with Gasteiger partial charge in [-0.25, -0.2) is 0 Å². The third kappa shape index (κ3) is 18.0. The minimum Gasteiger partial charge on any atom is -0.312 e. The summed E-state index contributed by atoms with van der Waals surface area (Å²) in [5.74, 6) is 0. The standard InChI is InChI=1S/C19H41N/c1-18(2,3)16-14-12-10-8-7-9-11-13-15-17-20-19(4,5)6/h20H,7-17H2,1-6H3. The van der Waals surface area contributed by atoms with Gasteiger partial charge in [-0.2, -0.15) is 0 Å². The third-order valence-electron chi connectivity index (χ3n) is 3.76. The Morgan fingerprint density at radius 1 is 0.550 bits per heavy atom. The Balaban J connectivity index is 3.10. The van der Waals surface area contributed by atoms with E-state index in [1.165, 1.54) is 70.8 Å². The van der Waals surface area contributed by atoms with Gasteiger partial charge in [0.05, 0.1) is 0 Å². The van der Waals surface area contributed by atoms with Crippen LogP contribution in [-0.4, -0.2) is 12.1 Å². The summed E-state index contributed by atoms with van der Waals surface area (Å²) in [4.78, 5) is 0. The van der Waals surface area contributed by atoms with Crippen LogP contribution < -0.4 is 5.32 Å². The van der Waals surface area contributed by atoms with Crippen molar-refractivity contribution >= 4 is 0 Å². The first kappa shape index (κ1) is 20.0. The van der Waals surface area contributed by atoms with Gasteiger partial charge in [0.1, 0.15) is 0 Å². The molecule has 0 saturated heterocycles. The van der Waals surface area contributed by atoms with Crippen LogP contribution in [0, 0.1) is 5.41 Å². The van der Waals surface area contributed by atoms with E-state index in [0.717, 1.165) is 0 Å². The van der Waals surface area contributed by atoms with Crippen molar-refractivity contribution in [1.29, 1.82) is 0 Å². The molecule has 122 valence electrons. The van der Waals surface area contributed by atoms with Crippen molar-refractivity contribution in [1.82, 2.24) is 5.32 Å². The Bertz CT molecular complexity index is 183. The smallest absolute Gasteiger partial charge is 0.00965 e. The Hall–Kier alpha value is -0.0400. The first-order chi connectivity index (χ1) is 9.21. The van der Waals surface area contributed by atoms with Crippen molar-refractivity contribution in [3.63, 3.8) is 0 Å². The molecular formula is C19H41N. The number of nitrogens with one attached hydrogen (secondary N) is 1. The average molecular weight is 284 g/mol. The topological polar surface area (TPSA) is 12.0 Å². The van der Waals surface area contributed by atoms with Crippen LogP contribution in [0.1, 0.15) is 106 Å². The SMILES string of the molecule is CC(C)(C)CCCCCCCCCCCNC(C)(C)C. The Morgan fingerprint density at radius 2 is 0.950 bits per heavy atom. The third-order valence-corrected chi connectivity index (χ3v) is 3.76. The van der Waals surface area contributed by atoms with E-state index in [-0.39, 0.29) is 5.54 Å². The number of unbranched alkanes of at least 4 members (excludes halogenated alkanes) is 8. The number of hydrogen-bond donors (Lipinski definition) is 1. The minimum absolute atomic E-state index is 0.285. The second-order valence-electron chi connectivity index (χ2n) is 8.67. The van der Waals surface area contributed by atoms with Gasteiger partial charge in [-0.15, -0.1) is 0 Å². The summed E-state index contributed by atoms with van der Waals surface area (Å²) >= 11 is 0. The summed E-state index contributed by atoms with van der Waals surface area (Å²) in [5.41, 5.74) is 0.814. The van der Waals surface area contributed by atoms with Gasteiger partial charge in [-0.1, -0.05) is 72.1 Å². The van der Waals surface area contributed by atoms with Gasteiger partial charge in [0, 0.05) is 5.54 Å². The summed E-state index contributed by atoms with van der Waals surface area (Å²) in [6.45, 7) is 15.0. The van der Waals surface area contributed by atoms with Gasteiger partial charge in [0.25, 0.3) is 0 Å². The molecule has 0 fully saturated rings. The molecule has 0 heterocycles. The van der Waals surface area contributed by atoms with Crippen molar-refractivity contribution in [3.05, 3.63) is 0 Å². The molecule has 0 saturated carbocycles. The fraction of sp³-hybridized carbons (Fsp3) is 1.00. The monoisotopic (exact) mass is 283 g/mol. The Kier molecular flexibility index (Phi) is 10.6. The lowest BCUT2D eigenvalue weighted by Crippen LogP contribution is -2.36. The molecule has 0 unspecified atom stereocenters. The van der Waals surface area contributed by atoms with Crippen LogP contribution in [0.3, 0.4) is 0 Å². The van der Waals surface area contributed by atoms with Crippen molar-refractivity contribution < 1.29 is 0 Å². The van der Waals surface area contributed by atoms with Crippen LogP contribution in [0.15, 0.2) is 0 Å². The van der Waals surface area contributed by atoms with Crippen LogP contribution in [-0.2, 0) is 0 Å². The molecule has 0 amide bonds. The molecule has 0 radical (unpaired) electrons. The fourth-order valence-corrected chi connectivity index (χ4v) is 2.48. The van der Waals surface area contributed by atoms with Crippen molar-refractivity contribution in [2.75, 3.05) is 6.54 Å². The Labute approximate surface area is 129 Å². The van der Waals surface area contributed by atoms with Crippen LogP contribution in [0.25, 0.3) is 0 Å². The summed E-state index contributed by atoms with van der Waals surface area (Å²) in [6, 6.07) is 0. The van der Waals surface area contributed by atoms with Crippen molar-refractivity contribution in [2.24, 2.45) is 5.41 Å². The zero-order chi connectivity index (χ0) is 15.5. The highest BCUT2D eigenvalue weighted by molar-refractivity contribution is 4.69. The van der Waals surface area contributed by atoms with Crippen LogP contribution in [0.5, 0.6) is 0 Å². The largest absolute Gasteiger partial charge is 0.312 e. The molecular weight excluding hydrogens is 242 g/mol. The van der Waals surface area contributed by atoms with Crippen LogP contribution in [0.2, 0.25) is 0 Å². The van der Waals surface area contributed by atoms with Gasteiger partial charge in [-0.05, 0) is 45.6 Å². The maximum Gasteiger partial charge on any atom is 0.00965 e. The first-order valence-corrected chi connectivity index (χ1v) is 8.96. The summed E-state index contributed by atoms with van der Waals surface area (Å²) in [7, 11) is 0. The molecule has 0 spiro atoms. The average Bonchev–Trinajstić information content (AvgIpc) is 2.27. The zero-order valence-electron chi connectivity index (χ0n) is 15.3. The lowest BCUT2D eigenvalue weighted by Gasteiger charge is -2.20. The maximum absolute atomic E-state index is 3.56. The molecule has 0 aromatic heterocycles. The molecule has 1 heteroatoms. The van der Waals surface area contributed by atoms with Gasteiger partial charge < -0.3 is 5.32 Å². The van der Waals surface area contributed by atoms with Crippen LogP contribution in [0.4, 0.5) is 0 Å². The summed E-state index contributed by atoms with van der Waals surface area (Å²) < 4.78 is 0. The quantitative estimate of drug-likeness (QED) is 0.437. The van der Waals surface area contributed by atoms with E-state index in [2.05, 4.69) is 46.9 Å². The molecule has 0 atom stereocenters. The molecule has 0 bridgehead atoms. The predicted octanol–water partition coefficient (Wildman–Crippen LogP) is 6.32.